The van der Waals surface area contributed by atoms with Crippen LogP contribution in [0.15, 0.2) is 48.5 Å². The van der Waals surface area contributed by atoms with Crippen LogP contribution < -0.4 is 20.9 Å². The molecule has 0 aliphatic heterocycles. The van der Waals surface area contributed by atoms with Gasteiger partial charge in [0, 0.05) is 5.56 Å². The van der Waals surface area contributed by atoms with Crippen molar-refractivity contribution in [3.63, 3.8) is 0 Å². The third-order valence-corrected chi connectivity index (χ3v) is 3.39. The van der Waals surface area contributed by atoms with Crippen LogP contribution in [0.5, 0.6) is 5.75 Å². The topological polar surface area (TPSA) is 79.5 Å². The highest BCUT2D eigenvalue weighted by molar-refractivity contribution is 7.80. The minimum absolute atomic E-state index is 0.0219. The number of hydrogen-bond donors (Lipinski definition) is 3. The lowest BCUT2D eigenvalue weighted by Crippen LogP contribution is -2.48. The number of aryl methyl sites for hydroxylation is 1. The molecule has 2 aromatic rings. The van der Waals surface area contributed by atoms with Crippen LogP contribution in [0.4, 0.5) is 0 Å². The zero-order valence-corrected chi connectivity index (χ0v) is 14.1. The highest BCUT2D eigenvalue weighted by atomic mass is 32.1. The lowest BCUT2D eigenvalue weighted by atomic mass is 10.1. The van der Waals surface area contributed by atoms with E-state index in [-0.39, 0.29) is 11.0 Å². The Kier molecular flexibility index (Phi) is 5.86. The minimum Gasteiger partial charge on any atom is -0.496 e. The van der Waals surface area contributed by atoms with Gasteiger partial charge in [-0.2, -0.15) is 0 Å². The van der Waals surface area contributed by atoms with Gasteiger partial charge in [0.2, 0.25) is 0 Å². The fraction of sp³-hybridized carbons (Fsp3) is 0.118. The molecule has 0 saturated carbocycles. The maximum absolute atomic E-state index is 12.2. The van der Waals surface area contributed by atoms with E-state index in [0.29, 0.717) is 16.9 Å². The Morgan fingerprint density at radius 3 is 2.29 bits per heavy atom. The van der Waals surface area contributed by atoms with Crippen molar-refractivity contribution in [2.75, 3.05) is 7.11 Å². The van der Waals surface area contributed by atoms with Gasteiger partial charge in [-0.3, -0.25) is 25.8 Å². The van der Waals surface area contributed by atoms with E-state index >= 15 is 0 Å². The second-order valence-corrected chi connectivity index (χ2v) is 5.34. The number of carbonyl (C=O) groups excluding carboxylic acids is 2. The van der Waals surface area contributed by atoms with Gasteiger partial charge in [0.05, 0.1) is 12.7 Å². The summed E-state index contributed by atoms with van der Waals surface area (Å²) in [6, 6.07) is 13.8. The van der Waals surface area contributed by atoms with E-state index in [2.05, 4.69) is 16.2 Å². The van der Waals surface area contributed by atoms with Gasteiger partial charge in [-0.25, -0.2) is 0 Å². The van der Waals surface area contributed by atoms with E-state index < -0.39 is 5.91 Å². The van der Waals surface area contributed by atoms with Crippen molar-refractivity contribution in [1.29, 1.82) is 0 Å². The molecule has 3 N–H and O–H groups in total. The van der Waals surface area contributed by atoms with E-state index in [4.69, 9.17) is 17.0 Å². The summed E-state index contributed by atoms with van der Waals surface area (Å²) in [5.41, 5.74) is 6.80. The predicted molar refractivity (Wildman–Crippen MR) is 94.8 cm³/mol. The van der Waals surface area contributed by atoms with Crippen molar-refractivity contribution in [2.24, 2.45) is 0 Å². The number of ether oxygens (including phenoxy) is 1. The van der Waals surface area contributed by atoms with Crippen molar-refractivity contribution in [3.05, 3.63) is 65.2 Å². The number of methoxy groups -OCH3 is 1. The van der Waals surface area contributed by atoms with Gasteiger partial charge in [-0.1, -0.05) is 29.8 Å². The number of thiocarbonyl (C=S) groups is 1. The highest BCUT2D eigenvalue weighted by Crippen LogP contribution is 2.16. The zero-order valence-electron chi connectivity index (χ0n) is 13.3. The molecule has 7 heteroatoms. The van der Waals surface area contributed by atoms with Crippen LogP contribution in [0.1, 0.15) is 26.3 Å². The third kappa shape index (κ3) is 4.53. The number of benzene rings is 2. The van der Waals surface area contributed by atoms with E-state index in [1.54, 1.807) is 36.4 Å². The second-order valence-electron chi connectivity index (χ2n) is 4.93. The standard InChI is InChI=1S/C17H17N3O3S/c1-11-7-9-12(10-8-11)15(21)19-20-17(24)18-16(22)13-5-3-4-6-14(13)23-2/h3-10H,1-2H3,(H,19,21)(H2,18,20,22,24). The van der Waals surface area contributed by atoms with Crippen LogP contribution in [0, 0.1) is 6.92 Å². The third-order valence-electron chi connectivity index (χ3n) is 3.18. The first-order valence-electron chi connectivity index (χ1n) is 7.12. The van der Waals surface area contributed by atoms with Gasteiger partial charge in [0.1, 0.15) is 5.75 Å². The largest absolute Gasteiger partial charge is 0.496 e. The zero-order chi connectivity index (χ0) is 17.5. The van der Waals surface area contributed by atoms with Crippen molar-refractivity contribution in [1.82, 2.24) is 16.2 Å². The summed E-state index contributed by atoms with van der Waals surface area (Å²) in [4.78, 5) is 24.1. The number of hydrogen-bond acceptors (Lipinski definition) is 4. The van der Waals surface area contributed by atoms with Crippen LogP contribution in [-0.2, 0) is 0 Å². The van der Waals surface area contributed by atoms with Gasteiger partial charge < -0.3 is 4.74 Å². The Hall–Kier alpha value is -2.93. The molecule has 0 bridgehead atoms. The summed E-state index contributed by atoms with van der Waals surface area (Å²) in [5, 5.41) is 2.45. The maximum atomic E-state index is 12.2. The summed E-state index contributed by atoms with van der Waals surface area (Å²) in [7, 11) is 1.48. The molecule has 0 spiro atoms. The van der Waals surface area contributed by atoms with Crippen LogP contribution in [0.25, 0.3) is 0 Å². The van der Waals surface area contributed by atoms with Crippen molar-refractivity contribution in [3.8, 4) is 5.75 Å². The van der Waals surface area contributed by atoms with Crippen LogP contribution in [0.3, 0.4) is 0 Å². The molecular weight excluding hydrogens is 326 g/mol. The quantitative estimate of drug-likeness (QED) is 0.586. The fourth-order valence-electron chi connectivity index (χ4n) is 1.92. The molecule has 0 fully saturated rings. The number of carbonyl (C=O) groups is 2. The Bertz CT molecular complexity index is 760. The monoisotopic (exact) mass is 343 g/mol. The molecule has 2 rings (SSSR count). The molecule has 2 aromatic carbocycles. The summed E-state index contributed by atoms with van der Waals surface area (Å²) in [6.45, 7) is 1.93. The molecule has 2 amide bonds. The van der Waals surface area contributed by atoms with Gasteiger partial charge in [-0.15, -0.1) is 0 Å². The average Bonchev–Trinajstić information content (AvgIpc) is 2.60. The summed E-state index contributed by atoms with van der Waals surface area (Å²) in [6.07, 6.45) is 0. The molecule has 124 valence electrons. The lowest BCUT2D eigenvalue weighted by Gasteiger charge is -2.12. The molecule has 0 aliphatic carbocycles. The average molecular weight is 343 g/mol. The number of para-hydroxylation sites is 1. The number of amides is 2. The van der Waals surface area contributed by atoms with Crippen molar-refractivity contribution < 1.29 is 14.3 Å². The number of hydrazine groups is 1. The molecule has 0 heterocycles. The maximum Gasteiger partial charge on any atom is 0.269 e. The van der Waals surface area contributed by atoms with Crippen molar-refractivity contribution in [2.45, 2.75) is 6.92 Å². The molecule has 0 aromatic heterocycles. The number of nitrogens with one attached hydrogen (secondary N) is 3. The van der Waals surface area contributed by atoms with Crippen LogP contribution >= 0.6 is 12.2 Å². The second kappa shape index (κ2) is 8.07. The van der Waals surface area contributed by atoms with Gasteiger partial charge >= 0.3 is 0 Å². The summed E-state index contributed by atoms with van der Waals surface area (Å²) >= 11 is 5.00. The van der Waals surface area contributed by atoms with Gasteiger partial charge in [0.25, 0.3) is 11.8 Å². The molecule has 0 saturated heterocycles. The van der Waals surface area contributed by atoms with E-state index in [1.165, 1.54) is 7.11 Å². The SMILES string of the molecule is COc1ccccc1C(=O)NC(=S)NNC(=O)c1ccc(C)cc1. The smallest absolute Gasteiger partial charge is 0.269 e. The predicted octanol–water partition coefficient (Wildman–Crippen LogP) is 1.95. The highest BCUT2D eigenvalue weighted by Gasteiger charge is 2.13. The Morgan fingerprint density at radius 1 is 0.958 bits per heavy atom. The summed E-state index contributed by atoms with van der Waals surface area (Å²) < 4.78 is 5.12. The first-order valence-corrected chi connectivity index (χ1v) is 7.53. The Morgan fingerprint density at radius 2 is 1.62 bits per heavy atom. The molecule has 0 atom stereocenters. The minimum atomic E-state index is -0.436. The van der Waals surface area contributed by atoms with E-state index in [1.807, 2.05) is 19.1 Å². The molecule has 0 radical (unpaired) electrons. The molecular formula is C17H17N3O3S. The fourth-order valence-corrected chi connectivity index (χ4v) is 2.07. The Labute approximate surface area is 145 Å². The summed E-state index contributed by atoms with van der Waals surface area (Å²) in [5.74, 6) is -0.361. The molecule has 0 aliphatic rings. The Balaban J connectivity index is 1.90. The number of rotatable bonds is 3. The lowest BCUT2D eigenvalue weighted by molar-refractivity contribution is 0.0934. The molecule has 0 unspecified atom stereocenters. The van der Waals surface area contributed by atoms with E-state index in [9.17, 15) is 9.59 Å². The van der Waals surface area contributed by atoms with Crippen molar-refractivity contribution >= 4 is 29.1 Å². The van der Waals surface area contributed by atoms with Gasteiger partial charge in [-0.05, 0) is 43.4 Å². The first-order chi connectivity index (χ1) is 11.5. The first kappa shape index (κ1) is 17.4. The van der Waals surface area contributed by atoms with Gasteiger partial charge in [0.15, 0.2) is 5.11 Å². The van der Waals surface area contributed by atoms with Crippen LogP contribution in [-0.4, -0.2) is 24.0 Å². The normalized spacial score (nSPS) is 9.75. The van der Waals surface area contributed by atoms with E-state index in [0.717, 1.165) is 5.56 Å². The molecule has 24 heavy (non-hydrogen) atoms. The molecule has 6 nitrogen and oxygen atoms in total. The van der Waals surface area contributed by atoms with Crippen LogP contribution in [0.2, 0.25) is 0 Å².